The van der Waals surface area contributed by atoms with Crippen molar-refractivity contribution in [2.45, 2.75) is 52.7 Å². The Balaban J connectivity index is 0.000000561. The van der Waals surface area contributed by atoms with E-state index in [0.29, 0.717) is 12.0 Å². The van der Waals surface area contributed by atoms with Gasteiger partial charge < -0.3 is 9.84 Å². The summed E-state index contributed by atoms with van der Waals surface area (Å²) >= 11 is 0. The molecule has 0 saturated carbocycles. The predicted octanol–water partition coefficient (Wildman–Crippen LogP) is 2.21. The maximum atomic E-state index is 8.80. The van der Waals surface area contributed by atoms with Crippen molar-refractivity contribution in [1.82, 2.24) is 0 Å². The summed E-state index contributed by atoms with van der Waals surface area (Å²) in [4.78, 5) is 0. The van der Waals surface area contributed by atoms with Gasteiger partial charge in [0.2, 0.25) is 0 Å². The van der Waals surface area contributed by atoms with Gasteiger partial charge in [0, 0.05) is 0 Å². The highest BCUT2D eigenvalue weighted by Crippen LogP contribution is 2.23. The largest absolute Gasteiger partial charge is 0.394 e. The Kier molecular flexibility index (Phi) is 6.39. The molecule has 74 valence electrons. The molecule has 1 N–H and O–H groups in total. The molecular weight excluding hydrogens is 152 g/mol. The first-order valence-electron chi connectivity index (χ1n) is 4.98. The van der Waals surface area contributed by atoms with Crippen LogP contribution in [0, 0.1) is 5.92 Å². The molecule has 0 amide bonds. The molecule has 0 bridgehead atoms. The van der Waals surface area contributed by atoms with Crippen LogP contribution in [0.1, 0.15) is 40.5 Å². The van der Waals surface area contributed by atoms with Crippen molar-refractivity contribution in [3.8, 4) is 0 Å². The van der Waals surface area contributed by atoms with Gasteiger partial charge in [0.1, 0.15) is 0 Å². The molecule has 0 aromatic rings. The van der Waals surface area contributed by atoms with Crippen LogP contribution in [0.15, 0.2) is 0 Å². The van der Waals surface area contributed by atoms with E-state index in [1.54, 1.807) is 0 Å². The molecule has 12 heavy (non-hydrogen) atoms. The van der Waals surface area contributed by atoms with Crippen LogP contribution >= 0.6 is 0 Å². The first kappa shape index (κ1) is 11.9. The lowest BCUT2D eigenvalue weighted by Gasteiger charge is -2.30. The van der Waals surface area contributed by atoms with Crippen LogP contribution in [-0.2, 0) is 4.74 Å². The lowest BCUT2D eigenvalue weighted by molar-refractivity contribution is -0.0797. The third-order valence-electron chi connectivity index (χ3n) is 2.03. The smallest absolute Gasteiger partial charge is 0.0811 e. The Morgan fingerprint density at radius 1 is 1.25 bits per heavy atom. The van der Waals surface area contributed by atoms with Crippen LogP contribution in [0.25, 0.3) is 0 Å². The molecule has 1 heterocycles. The monoisotopic (exact) mass is 174 g/mol. The third-order valence-corrected chi connectivity index (χ3v) is 2.03. The number of aliphatic hydroxyl groups excluding tert-OH is 1. The van der Waals surface area contributed by atoms with Crippen molar-refractivity contribution >= 4 is 0 Å². The number of rotatable bonds is 1. The van der Waals surface area contributed by atoms with Gasteiger partial charge in [-0.05, 0) is 25.7 Å². The molecule has 1 aliphatic heterocycles. The van der Waals surface area contributed by atoms with Gasteiger partial charge in [0.05, 0.1) is 18.8 Å². The van der Waals surface area contributed by atoms with Crippen LogP contribution in [-0.4, -0.2) is 23.9 Å². The molecule has 0 aromatic carbocycles. The molecule has 1 saturated heterocycles. The molecule has 1 aliphatic rings. The first-order valence-corrected chi connectivity index (χ1v) is 4.98. The van der Waals surface area contributed by atoms with Gasteiger partial charge in [0.15, 0.2) is 0 Å². The summed E-state index contributed by atoms with van der Waals surface area (Å²) in [6.45, 7) is 8.45. The second-order valence-corrected chi connectivity index (χ2v) is 3.33. The molecule has 0 aliphatic carbocycles. The zero-order chi connectivity index (χ0) is 9.56. The Bertz CT molecular complexity index is 94.0. The van der Waals surface area contributed by atoms with E-state index in [1.807, 2.05) is 13.8 Å². The Morgan fingerprint density at radius 3 is 2.25 bits per heavy atom. The van der Waals surface area contributed by atoms with Crippen LogP contribution in [0.2, 0.25) is 0 Å². The van der Waals surface area contributed by atoms with E-state index in [-0.39, 0.29) is 12.7 Å². The fraction of sp³-hybridized carbons (Fsp3) is 1.00. The third kappa shape index (κ3) is 4.07. The highest BCUT2D eigenvalue weighted by atomic mass is 16.5. The number of ether oxygens (including phenoxy) is 1. The molecule has 3 atom stereocenters. The van der Waals surface area contributed by atoms with Crippen LogP contribution in [0.4, 0.5) is 0 Å². The number of hydrogen-bond donors (Lipinski definition) is 1. The van der Waals surface area contributed by atoms with E-state index in [0.717, 1.165) is 12.8 Å². The predicted molar refractivity (Wildman–Crippen MR) is 51.2 cm³/mol. The van der Waals surface area contributed by atoms with E-state index in [1.165, 1.54) is 0 Å². The van der Waals surface area contributed by atoms with Crippen molar-refractivity contribution in [3.63, 3.8) is 0 Å². The average Bonchev–Trinajstić information content (AvgIpc) is 2.06. The van der Waals surface area contributed by atoms with Gasteiger partial charge >= 0.3 is 0 Å². The molecule has 1 fully saturated rings. The van der Waals surface area contributed by atoms with Gasteiger partial charge in [-0.15, -0.1) is 0 Å². The zero-order valence-corrected chi connectivity index (χ0v) is 8.71. The van der Waals surface area contributed by atoms with E-state index in [4.69, 9.17) is 9.84 Å². The van der Waals surface area contributed by atoms with E-state index in [2.05, 4.69) is 13.8 Å². The first-order chi connectivity index (χ1) is 5.72. The Hall–Kier alpha value is -0.0800. The van der Waals surface area contributed by atoms with Gasteiger partial charge in [0.25, 0.3) is 0 Å². The van der Waals surface area contributed by atoms with E-state index in [9.17, 15) is 0 Å². The zero-order valence-electron chi connectivity index (χ0n) is 8.71. The van der Waals surface area contributed by atoms with Gasteiger partial charge in [-0.25, -0.2) is 0 Å². The minimum absolute atomic E-state index is 0.0961. The second kappa shape index (κ2) is 6.44. The van der Waals surface area contributed by atoms with E-state index >= 15 is 0 Å². The minimum Gasteiger partial charge on any atom is -0.394 e. The summed E-state index contributed by atoms with van der Waals surface area (Å²) < 4.78 is 5.46. The molecule has 2 heteroatoms. The average molecular weight is 174 g/mol. The Labute approximate surface area is 75.9 Å². The quantitative estimate of drug-likeness (QED) is 0.660. The molecule has 0 spiro atoms. The van der Waals surface area contributed by atoms with Gasteiger partial charge in [-0.3, -0.25) is 0 Å². The Morgan fingerprint density at radius 2 is 1.83 bits per heavy atom. The van der Waals surface area contributed by atoms with E-state index < -0.39 is 0 Å². The van der Waals surface area contributed by atoms with Crippen molar-refractivity contribution in [2.75, 3.05) is 6.61 Å². The molecule has 0 radical (unpaired) electrons. The van der Waals surface area contributed by atoms with Gasteiger partial charge in [-0.2, -0.15) is 0 Å². The summed E-state index contributed by atoms with van der Waals surface area (Å²) in [5, 5.41) is 8.80. The maximum Gasteiger partial charge on any atom is 0.0811 e. The summed E-state index contributed by atoms with van der Waals surface area (Å²) in [5.74, 6) is 0.709. The fourth-order valence-corrected chi connectivity index (χ4v) is 1.67. The molecular formula is C10H22O2. The topological polar surface area (TPSA) is 29.5 Å². The molecule has 2 nitrogen and oxygen atoms in total. The number of aliphatic hydroxyl groups is 1. The standard InChI is InChI=1S/C8H16O2.C2H6/c1-6-3-7(2)10-8(4-6)5-9;1-2/h6-9H,3-5H2,1-2H3;1-2H3/t6-,7+,8+;/m1./s1. The summed E-state index contributed by atoms with van der Waals surface area (Å²) in [5.41, 5.74) is 0. The van der Waals surface area contributed by atoms with Gasteiger partial charge in [-0.1, -0.05) is 20.8 Å². The SMILES string of the molecule is CC.C[C@H]1C[C@@H](CO)O[C@@H](C)C1. The van der Waals surface area contributed by atoms with Crippen molar-refractivity contribution in [3.05, 3.63) is 0 Å². The highest BCUT2D eigenvalue weighted by molar-refractivity contribution is 4.71. The minimum atomic E-state index is 0.0961. The van der Waals surface area contributed by atoms with Crippen LogP contribution in [0.3, 0.4) is 0 Å². The molecule has 1 rings (SSSR count). The molecule has 0 aromatic heterocycles. The summed E-state index contributed by atoms with van der Waals surface area (Å²) in [7, 11) is 0. The van der Waals surface area contributed by atoms with Crippen molar-refractivity contribution in [1.29, 1.82) is 0 Å². The normalized spacial score (nSPS) is 35.2. The van der Waals surface area contributed by atoms with Crippen LogP contribution < -0.4 is 0 Å². The van der Waals surface area contributed by atoms with Crippen molar-refractivity contribution < 1.29 is 9.84 Å². The lowest BCUT2D eigenvalue weighted by atomic mass is 9.94. The summed E-state index contributed by atoms with van der Waals surface area (Å²) in [6, 6.07) is 0. The molecule has 0 unspecified atom stereocenters. The van der Waals surface area contributed by atoms with Crippen LogP contribution in [0.5, 0.6) is 0 Å². The maximum absolute atomic E-state index is 8.80. The van der Waals surface area contributed by atoms with Crippen molar-refractivity contribution in [2.24, 2.45) is 5.92 Å². The second-order valence-electron chi connectivity index (χ2n) is 3.33. The lowest BCUT2D eigenvalue weighted by Crippen LogP contribution is -2.32. The fourth-order valence-electron chi connectivity index (χ4n) is 1.67. The number of hydrogen-bond acceptors (Lipinski definition) is 2. The summed E-state index contributed by atoms with van der Waals surface area (Å²) in [6.07, 6.45) is 2.58. The highest BCUT2D eigenvalue weighted by Gasteiger charge is 2.23.